The van der Waals surface area contributed by atoms with Gasteiger partial charge in [0.2, 0.25) is 6.79 Å². The second kappa shape index (κ2) is 6.23. The van der Waals surface area contributed by atoms with Crippen molar-refractivity contribution in [2.45, 2.75) is 6.42 Å². The van der Waals surface area contributed by atoms with Crippen molar-refractivity contribution in [1.29, 1.82) is 0 Å². The molecule has 104 valence electrons. The largest absolute Gasteiger partial charge is 0.454 e. The fourth-order valence-electron chi connectivity index (χ4n) is 2.44. The zero-order valence-corrected chi connectivity index (χ0v) is 11.2. The second-order valence-corrected chi connectivity index (χ2v) is 4.96. The van der Waals surface area contributed by atoms with Crippen molar-refractivity contribution in [3.8, 4) is 11.5 Å². The lowest BCUT2D eigenvalue weighted by atomic mass is 10.1. The molecule has 5 heteroatoms. The highest BCUT2D eigenvalue weighted by Crippen LogP contribution is 2.32. The fraction of sp³-hybridized carbons (Fsp3) is 0.571. The molecule has 2 heterocycles. The molecule has 0 spiro atoms. The molecule has 0 aromatic heterocycles. The van der Waals surface area contributed by atoms with Crippen molar-refractivity contribution in [3.63, 3.8) is 0 Å². The van der Waals surface area contributed by atoms with Gasteiger partial charge in [-0.15, -0.1) is 0 Å². The van der Waals surface area contributed by atoms with Crippen molar-refractivity contribution >= 4 is 0 Å². The van der Waals surface area contributed by atoms with Crippen molar-refractivity contribution in [3.05, 3.63) is 23.8 Å². The standard InChI is InChI=1S/C14H21N3O2/c1-2-13-14(19-11-18-13)9-12(1)3-4-16-10-17-7-5-15-6-8-17/h1-2,9,15-16H,3-8,10-11H2. The molecule has 1 aromatic rings. The Morgan fingerprint density at radius 3 is 2.89 bits per heavy atom. The number of fused-ring (bicyclic) bond motifs is 1. The minimum Gasteiger partial charge on any atom is -0.454 e. The Kier molecular flexibility index (Phi) is 4.17. The van der Waals surface area contributed by atoms with Crippen LogP contribution in [0.2, 0.25) is 0 Å². The highest BCUT2D eigenvalue weighted by molar-refractivity contribution is 5.44. The van der Waals surface area contributed by atoms with Gasteiger partial charge in [0.25, 0.3) is 0 Å². The Bertz CT molecular complexity index is 419. The van der Waals surface area contributed by atoms with Gasteiger partial charge >= 0.3 is 0 Å². The second-order valence-electron chi connectivity index (χ2n) is 4.96. The Hall–Kier alpha value is -1.30. The van der Waals surface area contributed by atoms with E-state index in [1.807, 2.05) is 6.07 Å². The summed E-state index contributed by atoms with van der Waals surface area (Å²) in [6.07, 6.45) is 1.02. The normalized spacial score (nSPS) is 18.7. The van der Waals surface area contributed by atoms with Crippen LogP contribution in [-0.2, 0) is 6.42 Å². The summed E-state index contributed by atoms with van der Waals surface area (Å²) < 4.78 is 10.7. The summed E-state index contributed by atoms with van der Waals surface area (Å²) in [6.45, 7) is 6.79. The molecule has 5 nitrogen and oxygen atoms in total. The molecule has 1 aromatic carbocycles. The maximum Gasteiger partial charge on any atom is 0.231 e. The molecule has 0 bridgehead atoms. The molecule has 2 N–H and O–H groups in total. The monoisotopic (exact) mass is 263 g/mol. The van der Waals surface area contributed by atoms with Gasteiger partial charge in [0.15, 0.2) is 11.5 Å². The zero-order chi connectivity index (χ0) is 12.9. The summed E-state index contributed by atoms with van der Waals surface area (Å²) in [5, 5.41) is 6.86. The molecular formula is C14H21N3O2. The number of benzene rings is 1. The molecule has 0 radical (unpaired) electrons. The molecule has 0 unspecified atom stereocenters. The van der Waals surface area contributed by atoms with Gasteiger partial charge in [-0.2, -0.15) is 0 Å². The number of piperazine rings is 1. The van der Waals surface area contributed by atoms with Gasteiger partial charge in [0, 0.05) is 39.4 Å². The van der Waals surface area contributed by atoms with Gasteiger partial charge < -0.3 is 20.1 Å². The topological polar surface area (TPSA) is 45.8 Å². The number of hydrogen-bond acceptors (Lipinski definition) is 5. The third-order valence-corrected chi connectivity index (χ3v) is 3.57. The van der Waals surface area contributed by atoms with Gasteiger partial charge in [-0.3, -0.25) is 4.90 Å². The van der Waals surface area contributed by atoms with Crippen molar-refractivity contribution in [1.82, 2.24) is 15.5 Å². The summed E-state index contributed by atoms with van der Waals surface area (Å²) >= 11 is 0. The van der Waals surface area contributed by atoms with Crippen LogP contribution in [-0.4, -0.2) is 51.1 Å². The van der Waals surface area contributed by atoms with E-state index in [9.17, 15) is 0 Å². The first-order valence-electron chi connectivity index (χ1n) is 6.94. The van der Waals surface area contributed by atoms with E-state index in [0.717, 1.165) is 57.3 Å². The van der Waals surface area contributed by atoms with Crippen LogP contribution in [0.15, 0.2) is 18.2 Å². The molecule has 1 fully saturated rings. The first kappa shape index (κ1) is 12.7. The maximum atomic E-state index is 5.38. The van der Waals surface area contributed by atoms with Crippen LogP contribution in [0.4, 0.5) is 0 Å². The lowest BCUT2D eigenvalue weighted by Crippen LogP contribution is -2.47. The van der Waals surface area contributed by atoms with E-state index >= 15 is 0 Å². The highest BCUT2D eigenvalue weighted by Gasteiger charge is 2.13. The van der Waals surface area contributed by atoms with Crippen LogP contribution in [0, 0.1) is 0 Å². The predicted octanol–water partition coefficient (Wildman–Crippen LogP) is 0.410. The van der Waals surface area contributed by atoms with Gasteiger partial charge in [0.1, 0.15) is 0 Å². The molecule has 0 atom stereocenters. The Morgan fingerprint density at radius 1 is 1.16 bits per heavy atom. The van der Waals surface area contributed by atoms with E-state index < -0.39 is 0 Å². The first-order chi connectivity index (χ1) is 9.42. The number of rotatable bonds is 5. The Balaban J connectivity index is 1.40. The SMILES string of the molecule is c1cc2c(cc1CCNCN1CCNCC1)OCO2. The number of nitrogens with one attached hydrogen (secondary N) is 2. The van der Waals surface area contributed by atoms with E-state index in [4.69, 9.17) is 9.47 Å². The summed E-state index contributed by atoms with van der Waals surface area (Å²) in [5.74, 6) is 1.73. The van der Waals surface area contributed by atoms with E-state index in [2.05, 4.69) is 27.7 Å². The number of ether oxygens (including phenoxy) is 2. The molecule has 19 heavy (non-hydrogen) atoms. The lowest BCUT2D eigenvalue weighted by Gasteiger charge is -2.27. The van der Waals surface area contributed by atoms with Crippen molar-refractivity contribution in [2.24, 2.45) is 0 Å². The number of hydrogen-bond donors (Lipinski definition) is 2. The van der Waals surface area contributed by atoms with Gasteiger partial charge in [-0.1, -0.05) is 6.07 Å². The van der Waals surface area contributed by atoms with Crippen molar-refractivity contribution < 1.29 is 9.47 Å². The van der Waals surface area contributed by atoms with Crippen molar-refractivity contribution in [2.75, 3.05) is 46.2 Å². The summed E-state index contributed by atoms with van der Waals surface area (Å²) in [6, 6.07) is 6.18. The van der Waals surface area contributed by atoms with E-state index in [-0.39, 0.29) is 0 Å². The zero-order valence-electron chi connectivity index (χ0n) is 11.2. The molecule has 2 aliphatic rings. The van der Waals surface area contributed by atoms with Crippen LogP contribution in [0.3, 0.4) is 0 Å². The molecule has 1 saturated heterocycles. The predicted molar refractivity (Wildman–Crippen MR) is 73.6 cm³/mol. The lowest BCUT2D eigenvalue weighted by molar-refractivity contribution is 0.174. The Morgan fingerprint density at radius 2 is 2.00 bits per heavy atom. The average molecular weight is 263 g/mol. The van der Waals surface area contributed by atoms with Gasteiger partial charge in [-0.25, -0.2) is 0 Å². The number of nitrogens with zero attached hydrogens (tertiary/aromatic N) is 1. The Labute approximate surface area is 113 Å². The maximum absolute atomic E-state index is 5.38. The molecule has 2 aliphatic heterocycles. The fourth-order valence-corrected chi connectivity index (χ4v) is 2.44. The average Bonchev–Trinajstić information content (AvgIpc) is 2.92. The van der Waals surface area contributed by atoms with E-state index in [0.29, 0.717) is 6.79 Å². The van der Waals surface area contributed by atoms with Crippen LogP contribution in [0.25, 0.3) is 0 Å². The van der Waals surface area contributed by atoms with E-state index in [1.54, 1.807) is 0 Å². The smallest absolute Gasteiger partial charge is 0.231 e. The van der Waals surface area contributed by atoms with Crippen LogP contribution in [0.1, 0.15) is 5.56 Å². The van der Waals surface area contributed by atoms with Gasteiger partial charge in [-0.05, 0) is 24.1 Å². The third kappa shape index (κ3) is 3.37. The molecule has 0 amide bonds. The molecular weight excluding hydrogens is 242 g/mol. The molecule has 0 saturated carbocycles. The van der Waals surface area contributed by atoms with Crippen LogP contribution >= 0.6 is 0 Å². The molecule has 0 aliphatic carbocycles. The summed E-state index contributed by atoms with van der Waals surface area (Å²) in [7, 11) is 0. The highest BCUT2D eigenvalue weighted by atomic mass is 16.7. The quantitative estimate of drug-likeness (QED) is 0.754. The summed E-state index contributed by atoms with van der Waals surface area (Å²) in [4.78, 5) is 2.44. The third-order valence-electron chi connectivity index (χ3n) is 3.57. The molecule has 3 rings (SSSR count). The van der Waals surface area contributed by atoms with Crippen LogP contribution in [0.5, 0.6) is 11.5 Å². The minimum atomic E-state index is 0.347. The van der Waals surface area contributed by atoms with Gasteiger partial charge in [0.05, 0.1) is 0 Å². The minimum absolute atomic E-state index is 0.347. The van der Waals surface area contributed by atoms with E-state index in [1.165, 1.54) is 5.56 Å². The van der Waals surface area contributed by atoms with Crippen LogP contribution < -0.4 is 20.1 Å². The first-order valence-corrected chi connectivity index (χ1v) is 6.94. The summed E-state index contributed by atoms with van der Waals surface area (Å²) in [5.41, 5.74) is 1.29.